The Balaban J connectivity index is 2.75. The van der Waals surface area contributed by atoms with Gasteiger partial charge in [-0.25, -0.2) is 9.59 Å². The first-order valence-corrected chi connectivity index (χ1v) is 5.51. The molecule has 1 rings (SSSR count). The van der Waals surface area contributed by atoms with Crippen LogP contribution < -0.4 is 10.2 Å². The van der Waals surface area contributed by atoms with Crippen LogP contribution in [0.15, 0.2) is 24.3 Å². The van der Waals surface area contributed by atoms with E-state index in [-0.39, 0.29) is 5.75 Å². The fourth-order valence-corrected chi connectivity index (χ4v) is 1.40. The van der Waals surface area contributed by atoms with Crippen molar-refractivity contribution in [1.82, 2.24) is 5.32 Å². The zero-order valence-corrected chi connectivity index (χ0v) is 10.3. The molecule has 0 radical (unpaired) electrons. The standard InChI is InChI=1S/C12H16N2O4/c1-3-10(11(16)17)13-12(18)14(2)8-5-4-6-9(15)7-8/h4-7,10,15H,3H2,1-2H3,(H,13,18)(H,16,17)/t10-/m1/s1. The van der Waals surface area contributed by atoms with Gasteiger partial charge in [-0.1, -0.05) is 13.0 Å². The highest BCUT2D eigenvalue weighted by Crippen LogP contribution is 2.18. The molecule has 1 aromatic carbocycles. The van der Waals surface area contributed by atoms with Crippen LogP contribution >= 0.6 is 0 Å². The molecule has 0 aliphatic heterocycles. The molecule has 0 aromatic heterocycles. The number of nitrogens with one attached hydrogen (secondary N) is 1. The minimum absolute atomic E-state index is 0.0393. The second kappa shape index (κ2) is 5.90. The lowest BCUT2D eigenvalue weighted by molar-refractivity contribution is -0.139. The molecule has 2 amide bonds. The molecule has 0 unspecified atom stereocenters. The quantitative estimate of drug-likeness (QED) is 0.755. The molecule has 1 atom stereocenters. The highest BCUT2D eigenvalue weighted by Gasteiger charge is 2.20. The van der Waals surface area contributed by atoms with Gasteiger partial charge in [0, 0.05) is 18.8 Å². The number of hydrogen-bond acceptors (Lipinski definition) is 3. The molecule has 0 bridgehead atoms. The minimum Gasteiger partial charge on any atom is -0.508 e. The van der Waals surface area contributed by atoms with Gasteiger partial charge >= 0.3 is 12.0 Å². The van der Waals surface area contributed by atoms with Gasteiger partial charge in [0.2, 0.25) is 0 Å². The normalized spacial score (nSPS) is 11.7. The Morgan fingerprint density at radius 2 is 2.11 bits per heavy atom. The second-order valence-electron chi connectivity index (χ2n) is 3.83. The SMILES string of the molecule is CC[C@@H](NC(=O)N(C)c1cccc(O)c1)C(=O)O. The Morgan fingerprint density at radius 1 is 1.44 bits per heavy atom. The molecular weight excluding hydrogens is 236 g/mol. The summed E-state index contributed by atoms with van der Waals surface area (Å²) in [6, 6.07) is 4.69. The van der Waals surface area contributed by atoms with E-state index in [1.54, 1.807) is 19.1 Å². The van der Waals surface area contributed by atoms with Gasteiger partial charge in [0.15, 0.2) is 0 Å². The first-order valence-electron chi connectivity index (χ1n) is 5.51. The lowest BCUT2D eigenvalue weighted by atomic mass is 10.2. The first-order chi connectivity index (χ1) is 8.45. The average Bonchev–Trinajstić information content (AvgIpc) is 2.34. The minimum atomic E-state index is -1.07. The average molecular weight is 252 g/mol. The molecule has 0 saturated heterocycles. The number of benzene rings is 1. The maximum atomic E-state index is 11.8. The number of anilines is 1. The molecule has 3 N–H and O–H groups in total. The number of carboxylic acid groups (broad SMARTS) is 1. The number of carbonyl (C=O) groups is 2. The number of rotatable bonds is 4. The number of amides is 2. The van der Waals surface area contributed by atoms with Crippen LogP contribution in [0.5, 0.6) is 5.75 Å². The summed E-state index contributed by atoms with van der Waals surface area (Å²) < 4.78 is 0. The van der Waals surface area contributed by atoms with Crippen molar-refractivity contribution in [3.8, 4) is 5.75 Å². The summed E-state index contributed by atoms with van der Waals surface area (Å²) in [6.45, 7) is 1.67. The summed E-state index contributed by atoms with van der Waals surface area (Å²) in [4.78, 5) is 23.8. The number of carboxylic acids is 1. The summed E-state index contributed by atoms with van der Waals surface area (Å²) in [6.07, 6.45) is 0.301. The van der Waals surface area contributed by atoms with E-state index < -0.39 is 18.0 Å². The Hall–Kier alpha value is -2.24. The molecule has 6 nitrogen and oxygen atoms in total. The maximum absolute atomic E-state index is 11.8. The maximum Gasteiger partial charge on any atom is 0.326 e. The lowest BCUT2D eigenvalue weighted by Crippen LogP contribution is -2.46. The van der Waals surface area contributed by atoms with Gasteiger partial charge < -0.3 is 15.5 Å². The third-order valence-electron chi connectivity index (χ3n) is 2.53. The molecule has 0 spiro atoms. The molecule has 1 aromatic rings. The van der Waals surface area contributed by atoms with E-state index in [2.05, 4.69) is 5.32 Å². The highest BCUT2D eigenvalue weighted by atomic mass is 16.4. The number of hydrogen-bond donors (Lipinski definition) is 3. The first kappa shape index (κ1) is 13.8. The van der Waals surface area contributed by atoms with Gasteiger partial charge in [-0.3, -0.25) is 4.90 Å². The predicted octanol–water partition coefficient (Wildman–Crippen LogP) is 1.40. The number of nitrogens with zero attached hydrogens (tertiary/aromatic N) is 1. The van der Waals surface area contributed by atoms with Crippen molar-refractivity contribution < 1.29 is 19.8 Å². The van der Waals surface area contributed by atoms with Gasteiger partial charge in [-0.05, 0) is 18.6 Å². The van der Waals surface area contributed by atoms with Crippen molar-refractivity contribution in [3.63, 3.8) is 0 Å². The van der Waals surface area contributed by atoms with E-state index in [4.69, 9.17) is 5.11 Å². The van der Waals surface area contributed by atoms with Crippen LogP contribution in [0.2, 0.25) is 0 Å². The van der Waals surface area contributed by atoms with Crippen LogP contribution in [0, 0.1) is 0 Å². The number of phenolic OH excluding ortho intramolecular Hbond substituents is 1. The lowest BCUT2D eigenvalue weighted by Gasteiger charge is -2.20. The van der Waals surface area contributed by atoms with Crippen LogP contribution in [0.3, 0.4) is 0 Å². The Bertz CT molecular complexity index is 447. The fourth-order valence-electron chi connectivity index (χ4n) is 1.40. The molecule has 0 fully saturated rings. The van der Waals surface area contributed by atoms with E-state index in [1.807, 2.05) is 0 Å². The molecule has 18 heavy (non-hydrogen) atoms. The topological polar surface area (TPSA) is 89.9 Å². The van der Waals surface area contributed by atoms with E-state index >= 15 is 0 Å². The van der Waals surface area contributed by atoms with Gasteiger partial charge in [0.25, 0.3) is 0 Å². The molecular formula is C12H16N2O4. The number of aliphatic carboxylic acids is 1. The van der Waals surface area contributed by atoms with Gasteiger partial charge in [0.1, 0.15) is 11.8 Å². The van der Waals surface area contributed by atoms with E-state index in [0.29, 0.717) is 12.1 Å². The molecule has 0 aliphatic rings. The molecule has 0 heterocycles. The van der Waals surface area contributed by atoms with Crippen LogP contribution in [0.25, 0.3) is 0 Å². The van der Waals surface area contributed by atoms with E-state index in [1.165, 1.54) is 24.1 Å². The Kier molecular flexibility index (Phi) is 4.53. The fraction of sp³-hybridized carbons (Fsp3) is 0.333. The molecule has 0 saturated carbocycles. The van der Waals surface area contributed by atoms with Gasteiger partial charge in [-0.15, -0.1) is 0 Å². The van der Waals surface area contributed by atoms with Crippen LogP contribution in [0.4, 0.5) is 10.5 Å². The monoisotopic (exact) mass is 252 g/mol. The molecule has 0 aliphatic carbocycles. The largest absolute Gasteiger partial charge is 0.508 e. The Morgan fingerprint density at radius 3 is 2.61 bits per heavy atom. The van der Waals surface area contributed by atoms with E-state index in [0.717, 1.165) is 0 Å². The van der Waals surface area contributed by atoms with Crippen LogP contribution in [-0.2, 0) is 4.79 Å². The van der Waals surface area contributed by atoms with Crippen molar-refractivity contribution in [1.29, 1.82) is 0 Å². The highest BCUT2D eigenvalue weighted by molar-refractivity contribution is 5.94. The molecule has 6 heteroatoms. The number of carbonyl (C=O) groups excluding carboxylic acids is 1. The van der Waals surface area contributed by atoms with Crippen molar-refractivity contribution in [3.05, 3.63) is 24.3 Å². The summed E-state index contributed by atoms with van der Waals surface area (Å²) in [5, 5.41) is 20.5. The van der Waals surface area contributed by atoms with Crippen LogP contribution in [-0.4, -0.2) is 35.3 Å². The summed E-state index contributed by atoms with van der Waals surface area (Å²) >= 11 is 0. The van der Waals surface area contributed by atoms with Crippen molar-refractivity contribution >= 4 is 17.7 Å². The molecule has 98 valence electrons. The van der Waals surface area contributed by atoms with Gasteiger partial charge in [0.05, 0.1) is 0 Å². The number of aromatic hydroxyl groups is 1. The Labute approximate surface area is 105 Å². The van der Waals surface area contributed by atoms with Crippen molar-refractivity contribution in [2.75, 3.05) is 11.9 Å². The smallest absolute Gasteiger partial charge is 0.326 e. The summed E-state index contributed by atoms with van der Waals surface area (Å²) in [5.41, 5.74) is 0.479. The zero-order valence-electron chi connectivity index (χ0n) is 10.3. The second-order valence-corrected chi connectivity index (χ2v) is 3.83. The third-order valence-corrected chi connectivity index (χ3v) is 2.53. The van der Waals surface area contributed by atoms with E-state index in [9.17, 15) is 14.7 Å². The summed E-state index contributed by atoms with van der Waals surface area (Å²) in [5.74, 6) is -1.03. The van der Waals surface area contributed by atoms with Crippen molar-refractivity contribution in [2.24, 2.45) is 0 Å². The predicted molar refractivity (Wildman–Crippen MR) is 66.8 cm³/mol. The zero-order chi connectivity index (χ0) is 13.7. The number of phenols is 1. The van der Waals surface area contributed by atoms with Gasteiger partial charge in [-0.2, -0.15) is 0 Å². The third kappa shape index (κ3) is 3.38. The number of urea groups is 1. The van der Waals surface area contributed by atoms with Crippen molar-refractivity contribution in [2.45, 2.75) is 19.4 Å². The summed E-state index contributed by atoms with van der Waals surface area (Å²) in [7, 11) is 1.50. The van der Waals surface area contributed by atoms with Crippen LogP contribution in [0.1, 0.15) is 13.3 Å².